The number of carbonyl (C=O) groups excluding carboxylic acids is 1. The SMILES string of the molecule is COc1cc(C(=O)/C=C/c2ccc(O)cc2)ccc1O[C@@H]1O[C@H](CO)[C@@H](O)[C@H](O)[C@H]1O. The van der Waals surface area contributed by atoms with Crippen LogP contribution in [-0.2, 0) is 4.74 Å². The minimum absolute atomic E-state index is 0.128. The third-order valence-electron chi connectivity index (χ3n) is 4.86. The van der Waals surface area contributed by atoms with Crippen molar-refractivity contribution in [1.82, 2.24) is 0 Å². The number of methoxy groups -OCH3 is 1. The fourth-order valence-electron chi connectivity index (χ4n) is 3.06. The monoisotopic (exact) mass is 432 g/mol. The number of allylic oxidation sites excluding steroid dienone is 1. The number of ketones is 1. The Morgan fingerprint density at radius 3 is 2.39 bits per heavy atom. The smallest absolute Gasteiger partial charge is 0.229 e. The molecule has 1 aliphatic heterocycles. The number of aromatic hydroxyl groups is 1. The third-order valence-corrected chi connectivity index (χ3v) is 4.86. The fourth-order valence-corrected chi connectivity index (χ4v) is 3.06. The lowest BCUT2D eigenvalue weighted by Crippen LogP contribution is -2.60. The zero-order valence-corrected chi connectivity index (χ0v) is 16.7. The molecule has 0 aliphatic carbocycles. The highest BCUT2D eigenvalue weighted by Crippen LogP contribution is 2.32. The number of hydrogen-bond acceptors (Lipinski definition) is 9. The largest absolute Gasteiger partial charge is 0.508 e. The van der Waals surface area contributed by atoms with Gasteiger partial charge < -0.3 is 39.7 Å². The Bertz CT molecular complexity index is 923. The molecule has 166 valence electrons. The second kappa shape index (κ2) is 9.90. The Hall–Kier alpha value is -2.95. The lowest BCUT2D eigenvalue weighted by Gasteiger charge is -2.39. The van der Waals surface area contributed by atoms with Gasteiger partial charge in [-0.1, -0.05) is 18.2 Å². The molecule has 0 unspecified atom stereocenters. The summed E-state index contributed by atoms with van der Waals surface area (Å²) in [5, 5.41) is 48.5. The maximum atomic E-state index is 12.5. The average Bonchev–Trinajstić information content (AvgIpc) is 2.79. The van der Waals surface area contributed by atoms with E-state index in [1.54, 1.807) is 18.2 Å². The van der Waals surface area contributed by atoms with E-state index in [4.69, 9.17) is 14.2 Å². The van der Waals surface area contributed by atoms with Crippen LogP contribution in [0.2, 0.25) is 0 Å². The van der Waals surface area contributed by atoms with Crippen molar-refractivity contribution in [2.45, 2.75) is 30.7 Å². The first-order valence-electron chi connectivity index (χ1n) is 9.50. The molecule has 31 heavy (non-hydrogen) atoms. The van der Waals surface area contributed by atoms with Crippen LogP contribution >= 0.6 is 0 Å². The second-order valence-electron chi connectivity index (χ2n) is 6.97. The van der Waals surface area contributed by atoms with Gasteiger partial charge in [0.15, 0.2) is 17.3 Å². The van der Waals surface area contributed by atoms with Crippen molar-refractivity contribution >= 4 is 11.9 Å². The Morgan fingerprint density at radius 1 is 1.03 bits per heavy atom. The van der Waals surface area contributed by atoms with Gasteiger partial charge in [0, 0.05) is 5.56 Å². The summed E-state index contributed by atoms with van der Waals surface area (Å²) in [6, 6.07) is 10.7. The van der Waals surface area contributed by atoms with Gasteiger partial charge in [-0.25, -0.2) is 0 Å². The normalized spacial score (nSPS) is 26.0. The molecule has 0 bridgehead atoms. The van der Waals surface area contributed by atoms with Crippen LogP contribution in [0.1, 0.15) is 15.9 Å². The number of carbonyl (C=O) groups is 1. The summed E-state index contributed by atoms with van der Waals surface area (Å²) in [7, 11) is 1.37. The predicted molar refractivity (Wildman–Crippen MR) is 109 cm³/mol. The Kier molecular flexibility index (Phi) is 7.26. The van der Waals surface area contributed by atoms with E-state index >= 15 is 0 Å². The quantitative estimate of drug-likeness (QED) is 0.311. The molecule has 1 aliphatic rings. The number of phenolic OH excluding ortho intramolecular Hbond substituents is 1. The summed E-state index contributed by atoms with van der Waals surface area (Å²) in [6.07, 6.45) is -4.15. The molecule has 0 amide bonds. The lowest BCUT2D eigenvalue weighted by atomic mass is 9.99. The molecule has 0 aromatic heterocycles. The fraction of sp³-hybridized carbons (Fsp3) is 0.318. The van der Waals surface area contributed by atoms with Crippen molar-refractivity contribution in [1.29, 1.82) is 0 Å². The van der Waals surface area contributed by atoms with Gasteiger partial charge in [-0.2, -0.15) is 0 Å². The summed E-state index contributed by atoms with van der Waals surface area (Å²) < 4.78 is 16.2. The zero-order valence-electron chi connectivity index (χ0n) is 16.7. The number of rotatable bonds is 7. The van der Waals surface area contributed by atoms with E-state index in [9.17, 15) is 30.3 Å². The molecular formula is C22H24O9. The summed E-state index contributed by atoms with van der Waals surface area (Å²) in [4.78, 5) is 12.5. The van der Waals surface area contributed by atoms with Crippen LogP contribution in [0.3, 0.4) is 0 Å². The molecule has 9 nitrogen and oxygen atoms in total. The van der Waals surface area contributed by atoms with Crippen LogP contribution in [0.5, 0.6) is 17.2 Å². The Morgan fingerprint density at radius 2 is 1.74 bits per heavy atom. The molecule has 2 aromatic rings. The number of phenols is 1. The molecule has 0 saturated carbocycles. The van der Waals surface area contributed by atoms with Gasteiger partial charge in [0.05, 0.1) is 13.7 Å². The summed E-state index contributed by atoms with van der Waals surface area (Å²) in [6.45, 7) is -0.581. The molecular weight excluding hydrogens is 408 g/mol. The van der Waals surface area contributed by atoms with Gasteiger partial charge in [0.25, 0.3) is 0 Å². The molecule has 9 heteroatoms. The molecule has 2 aromatic carbocycles. The zero-order chi connectivity index (χ0) is 22.5. The Balaban J connectivity index is 1.75. The third kappa shape index (κ3) is 5.22. The van der Waals surface area contributed by atoms with Gasteiger partial charge in [0.1, 0.15) is 30.2 Å². The van der Waals surface area contributed by atoms with Gasteiger partial charge in [0.2, 0.25) is 6.29 Å². The van der Waals surface area contributed by atoms with Crippen molar-refractivity contribution in [2.24, 2.45) is 0 Å². The van der Waals surface area contributed by atoms with Gasteiger partial charge in [-0.3, -0.25) is 4.79 Å². The minimum Gasteiger partial charge on any atom is -0.508 e. The topological polar surface area (TPSA) is 146 Å². The second-order valence-corrected chi connectivity index (χ2v) is 6.97. The summed E-state index contributed by atoms with van der Waals surface area (Å²) in [5.74, 6) is 0.140. The van der Waals surface area contributed by atoms with E-state index in [0.29, 0.717) is 5.56 Å². The molecule has 1 fully saturated rings. The van der Waals surface area contributed by atoms with Crippen molar-refractivity contribution < 1.29 is 44.5 Å². The van der Waals surface area contributed by atoms with E-state index in [1.165, 1.54) is 43.5 Å². The maximum absolute atomic E-state index is 12.5. The molecule has 0 spiro atoms. The van der Waals surface area contributed by atoms with E-state index in [2.05, 4.69) is 0 Å². The number of ether oxygens (including phenoxy) is 3. The number of hydrogen-bond donors (Lipinski definition) is 5. The predicted octanol–water partition coefficient (Wildman–Crippen LogP) is 0.476. The Labute approximate surface area is 178 Å². The molecule has 1 saturated heterocycles. The molecule has 0 radical (unpaired) electrons. The number of aliphatic hydroxyl groups excluding tert-OH is 4. The van der Waals surface area contributed by atoms with E-state index in [0.717, 1.165) is 5.56 Å². The highest BCUT2D eigenvalue weighted by atomic mass is 16.7. The molecule has 1 heterocycles. The van der Waals surface area contributed by atoms with Crippen LogP contribution in [0, 0.1) is 0 Å². The van der Waals surface area contributed by atoms with Crippen molar-refractivity contribution in [3.8, 4) is 17.2 Å². The van der Waals surface area contributed by atoms with Gasteiger partial charge >= 0.3 is 0 Å². The average molecular weight is 432 g/mol. The van der Waals surface area contributed by atoms with Gasteiger partial charge in [-0.05, 0) is 42.0 Å². The number of aliphatic hydroxyl groups is 4. The molecule has 3 rings (SSSR count). The standard InChI is InChI=1S/C22H24O9/c1-29-17-10-13(15(25)8-4-12-2-6-14(24)7-3-12)5-9-16(17)30-22-21(28)20(27)19(26)18(11-23)31-22/h2-10,18-24,26-28H,11H2,1H3/b8-4+/t18-,19-,20+,21-,22-/m1/s1. The molecule has 5 atom stereocenters. The highest BCUT2D eigenvalue weighted by Gasteiger charge is 2.44. The summed E-state index contributed by atoms with van der Waals surface area (Å²) >= 11 is 0. The summed E-state index contributed by atoms with van der Waals surface area (Å²) in [5.41, 5.74) is 1.05. The van der Waals surface area contributed by atoms with Crippen LogP contribution in [0.4, 0.5) is 0 Å². The molecule has 5 N–H and O–H groups in total. The maximum Gasteiger partial charge on any atom is 0.229 e. The van der Waals surface area contributed by atoms with E-state index < -0.39 is 37.3 Å². The van der Waals surface area contributed by atoms with Crippen LogP contribution < -0.4 is 9.47 Å². The first-order chi connectivity index (χ1) is 14.8. The first-order valence-corrected chi connectivity index (χ1v) is 9.50. The van der Waals surface area contributed by atoms with Crippen molar-refractivity contribution in [3.63, 3.8) is 0 Å². The van der Waals surface area contributed by atoms with Crippen LogP contribution in [0.15, 0.2) is 48.5 Å². The van der Waals surface area contributed by atoms with E-state index in [-0.39, 0.29) is 23.0 Å². The number of benzene rings is 2. The van der Waals surface area contributed by atoms with E-state index in [1.807, 2.05) is 0 Å². The van der Waals surface area contributed by atoms with Crippen LogP contribution in [-0.4, -0.2) is 75.7 Å². The minimum atomic E-state index is -1.58. The first kappa shape index (κ1) is 22.7. The lowest BCUT2D eigenvalue weighted by molar-refractivity contribution is -0.277. The van der Waals surface area contributed by atoms with Gasteiger partial charge in [-0.15, -0.1) is 0 Å². The highest BCUT2D eigenvalue weighted by molar-refractivity contribution is 6.07. The van der Waals surface area contributed by atoms with Crippen molar-refractivity contribution in [2.75, 3.05) is 13.7 Å². The van der Waals surface area contributed by atoms with Crippen LogP contribution in [0.25, 0.3) is 6.08 Å². The van der Waals surface area contributed by atoms with Crippen molar-refractivity contribution in [3.05, 3.63) is 59.7 Å².